The van der Waals surface area contributed by atoms with Crippen molar-refractivity contribution >= 4 is 0 Å². The van der Waals surface area contributed by atoms with Gasteiger partial charge < -0.3 is 19.7 Å². The predicted molar refractivity (Wildman–Crippen MR) is 109 cm³/mol. The molecule has 2 aromatic carbocycles. The summed E-state index contributed by atoms with van der Waals surface area (Å²) in [5.74, 6) is 1.87. The molecule has 0 aliphatic carbocycles. The first-order chi connectivity index (χ1) is 13.6. The molecule has 28 heavy (non-hydrogen) atoms. The van der Waals surface area contributed by atoms with E-state index in [1.165, 1.54) is 5.56 Å². The van der Waals surface area contributed by atoms with E-state index in [0.29, 0.717) is 5.75 Å². The van der Waals surface area contributed by atoms with E-state index >= 15 is 0 Å². The van der Waals surface area contributed by atoms with Crippen molar-refractivity contribution in [2.24, 2.45) is 0 Å². The highest BCUT2D eigenvalue weighted by atomic mass is 16.5. The molecule has 6 nitrogen and oxygen atoms in total. The third-order valence-electron chi connectivity index (χ3n) is 5.29. The van der Waals surface area contributed by atoms with Crippen LogP contribution in [-0.2, 0) is 13.1 Å². The summed E-state index contributed by atoms with van der Waals surface area (Å²) in [5.41, 5.74) is 2.33. The van der Waals surface area contributed by atoms with Crippen LogP contribution < -0.4 is 9.47 Å². The van der Waals surface area contributed by atoms with E-state index in [-0.39, 0.29) is 12.6 Å². The average molecular weight is 386 g/mol. The van der Waals surface area contributed by atoms with Gasteiger partial charge in [0.25, 0.3) is 0 Å². The van der Waals surface area contributed by atoms with Gasteiger partial charge in [-0.3, -0.25) is 9.80 Å². The molecule has 1 saturated heterocycles. The number of nitrogens with zero attached hydrogens (tertiary/aromatic N) is 2. The van der Waals surface area contributed by atoms with Gasteiger partial charge in [0.15, 0.2) is 0 Å². The molecule has 1 fully saturated rings. The number of benzene rings is 2. The van der Waals surface area contributed by atoms with Gasteiger partial charge in [0.1, 0.15) is 17.2 Å². The SMILES string of the molecule is COc1cc(CN2CCN(Cc3ccc(O)cc3)C[C@H]2CCO)cc(OC)c1. The van der Waals surface area contributed by atoms with Crippen molar-refractivity contribution in [2.75, 3.05) is 40.5 Å². The van der Waals surface area contributed by atoms with Gasteiger partial charge in [-0.1, -0.05) is 12.1 Å². The van der Waals surface area contributed by atoms with Crippen LogP contribution >= 0.6 is 0 Å². The summed E-state index contributed by atoms with van der Waals surface area (Å²) in [6.45, 7) is 4.62. The van der Waals surface area contributed by atoms with Gasteiger partial charge in [-0.15, -0.1) is 0 Å². The smallest absolute Gasteiger partial charge is 0.122 e. The van der Waals surface area contributed by atoms with E-state index in [0.717, 1.165) is 56.2 Å². The number of rotatable bonds is 8. The van der Waals surface area contributed by atoms with Crippen LogP contribution in [0.4, 0.5) is 0 Å². The van der Waals surface area contributed by atoms with E-state index < -0.39 is 0 Å². The van der Waals surface area contributed by atoms with Crippen molar-refractivity contribution in [3.63, 3.8) is 0 Å². The molecule has 1 atom stereocenters. The van der Waals surface area contributed by atoms with Crippen LogP contribution in [0.25, 0.3) is 0 Å². The fourth-order valence-corrected chi connectivity index (χ4v) is 3.78. The number of piperazine rings is 1. The minimum absolute atomic E-state index is 0.176. The molecule has 1 aliphatic heterocycles. The molecule has 2 aromatic rings. The summed E-state index contributed by atoms with van der Waals surface area (Å²) < 4.78 is 10.8. The average Bonchev–Trinajstić information content (AvgIpc) is 2.71. The Labute approximate surface area is 166 Å². The first kappa shape index (κ1) is 20.5. The van der Waals surface area contributed by atoms with Crippen LogP contribution in [0.5, 0.6) is 17.2 Å². The van der Waals surface area contributed by atoms with Gasteiger partial charge in [0.2, 0.25) is 0 Å². The lowest BCUT2D eigenvalue weighted by Crippen LogP contribution is -2.52. The molecule has 0 spiro atoms. The van der Waals surface area contributed by atoms with E-state index in [1.54, 1.807) is 26.4 Å². The molecular weight excluding hydrogens is 356 g/mol. The number of hydrogen-bond donors (Lipinski definition) is 2. The topological polar surface area (TPSA) is 65.4 Å². The zero-order valence-corrected chi connectivity index (χ0v) is 16.7. The highest BCUT2D eigenvalue weighted by molar-refractivity contribution is 5.38. The summed E-state index contributed by atoms with van der Waals surface area (Å²) in [7, 11) is 3.32. The first-order valence-corrected chi connectivity index (χ1v) is 9.68. The molecule has 1 aliphatic rings. The molecule has 2 N–H and O–H groups in total. The van der Waals surface area contributed by atoms with Crippen molar-refractivity contribution in [1.29, 1.82) is 0 Å². The maximum Gasteiger partial charge on any atom is 0.122 e. The number of phenolic OH excluding ortho intramolecular Hbond substituents is 1. The Kier molecular flexibility index (Phi) is 7.14. The summed E-state index contributed by atoms with van der Waals surface area (Å²) in [6, 6.07) is 13.6. The van der Waals surface area contributed by atoms with Crippen LogP contribution in [-0.4, -0.2) is 66.5 Å². The maximum atomic E-state index is 9.56. The third-order valence-corrected chi connectivity index (χ3v) is 5.29. The zero-order valence-electron chi connectivity index (χ0n) is 16.7. The van der Waals surface area contributed by atoms with Gasteiger partial charge in [0.05, 0.1) is 14.2 Å². The molecule has 1 heterocycles. The largest absolute Gasteiger partial charge is 0.508 e. The summed E-state index contributed by atoms with van der Waals surface area (Å²) in [5, 5.41) is 19.0. The lowest BCUT2D eigenvalue weighted by molar-refractivity contribution is 0.0499. The molecule has 0 bridgehead atoms. The van der Waals surface area contributed by atoms with Gasteiger partial charge >= 0.3 is 0 Å². The van der Waals surface area contributed by atoms with Gasteiger partial charge in [0, 0.05) is 51.4 Å². The Morgan fingerprint density at radius 3 is 2.21 bits per heavy atom. The van der Waals surface area contributed by atoms with Crippen LogP contribution in [0.3, 0.4) is 0 Å². The molecule has 0 amide bonds. The first-order valence-electron chi connectivity index (χ1n) is 9.68. The summed E-state index contributed by atoms with van der Waals surface area (Å²) >= 11 is 0. The van der Waals surface area contributed by atoms with Crippen molar-refractivity contribution in [3.05, 3.63) is 53.6 Å². The molecular formula is C22H30N2O4. The Hall–Kier alpha value is -2.28. The third kappa shape index (κ3) is 5.38. The Bertz CT molecular complexity index is 728. The summed E-state index contributed by atoms with van der Waals surface area (Å²) in [6.07, 6.45) is 0.743. The highest BCUT2D eigenvalue weighted by Crippen LogP contribution is 2.25. The Morgan fingerprint density at radius 1 is 0.929 bits per heavy atom. The highest BCUT2D eigenvalue weighted by Gasteiger charge is 2.27. The molecule has 152 valence electrons. The minimum Gasteiger partial charge on any atom is -0.508 e. The molecule has 0 radical (unpaired) electrons. The molecule has 0 saturated carbocycles. The van der Waals surface area contributed by atoms with Gasteiger partial charge in [-0.2, -0.15) is 0 Å². The van der Waals surface area contributed by atoms with Crippen LogP contribution in [0.15, 0.2) is 42.5 Å². The lowest BCUT2D eigenvalue weighted by atomic mass is 10.1. The Morgan fingerprint density at radius 2 is 1.61 bits per heavy atom. The minimum atomic E-state index is 0.176. The van der Waals surface area contributed by atoms with E-state index in [9.17, 15) is 10.2 Å². The standard InChI is InChI=1S/C22H30N2O4/c1-27-21-11-18(12-22(13-21)28-2)15-24-9-8-23(16-19(24)7-10-25)14-17-3-5-20(26)6-4-17/h3-6,11-13,19,25-26H,7-10,14-16H2,1-2H3/t19-/m1/s1. The molecule has 0 aromatic heterocycles. The van der Waals surface area contributed by atoms with Crippen LogP contribution in [0.1, 0.15) is 17.5 Å². The summed E-state index contributed by atoms with van der Waals surface area (Å²) in [4.78, 5) is 4.84. The number of hydrogen-bond acceptors (Lipinski definition) is 6. The van der Waals surface area contributed by atoms with Crippen molar-refractivity contribution in [3.8, 4) is 17.2 Å². The monoisotopic (exact) mass is 386 g/mol. The number of aromatic hydroxyl groups is 1. The quantitative estimate of drug-likeness (QED) is 0.727. The zero-order chi connectivity index (χ0) is 19.9. The lowest BCUT2D eigenvalue weighted by Gasteiger charge is -2.41. The normalized spacial score (nSPS) is 18.2. The fraction of sp³-hybridized carbons (Fsp3) is 0.455. The number of aliphatic hydroxyl groups excluding tert-OH is 1. The van der Waals surface area contributed by atoms with Crippen molar-refractivity contribution in [1.82, 2.24) is 9.80 Å². The van der Waals surface area contributed by atoms with Crippen molar-refractivity contribution < 1.29 is 19.7 Å². The van der Waals surface area contributed by atoms with Gasteiger partial charge in [-0.25, -0.2) is 0 Å². The fourth-order valence-electron chi connectivity index (χ4n) is 3.78. The molecule has 0 unspecified atom stereocenters. The number of aliphatic hydroxyl groups is 1. The van der Waals surface area contributed by atoms with Crippen molar-refractivity contribution in [2.45, 2.75) is 25.6 Å². The van der Waals surface area contributed by atoms with Crippen LogP contribution in [0.2, 0.25) is 0 Å². The van der Waals surface area contributed by atoms with E-state index in [4.69, 9.17) is 9.47 Å². The second kappa shape index (κ2) is 9.78. The van der Waals surface area contributed by atoms with Gasteiger partial charge in [-0.05, 0) is 41.8 Å². The maximum absolute atomic E-state index is 9.56. The second-order valence-electron chi connectivity index (χ2n) is 7.26. The number of methoxy groups -OCH3 is 2. The number of phenols is 1. The van der Waals surface area contributed by atoms with E-state index in [1.807, 2.05) is 30.3 Å². The van der Waals surface area contributed by atoms with Crippen LogP contribution in [0, 0.1) is 0 Å². The molecule has 6 heteroatoms. The van der Waals surface area contributed by atoms with E-state index in [2.05, 4.69) is 9.80 Å². The second-order valence-corrected chi connectivity index (χ2v) is 7.26. The Balaban J connectivity index is 1.66. The molecule has 3 rings (SSSR count). The predicted octanol–water partition coefficient (Wildman–Crippen LogP) is 2.48. The number of ether oxygens (including phenoxy) is 2.